The summed E-state index contributed by atoms with van der Waals surface area (Å²) in [6.45, 7) is 6.30. The molecule has 0 saturated heterocycles. The van der Waals surface area contributed by atoms with Crippen LogP contribution in [0.15, 0.2) is 72.8 Å². The molecule has 0 aliphatic carbocycles. The number of ether oxygens (including phenoxy) is 1. The van der Waals surface area contributed by atoms with Crippen LogP contribution in [0.2, 0.25) is 5.02 Å². The van der Waals surface area contributed by atoms with Crippen LogP contribution in [-0.4, -0.2) is 35.9 Å². The summed E-state index contributed by atoms with van der Waals surface area (Å²) in [6, 6.07) is 22.1. The minimum absolute atomic E-state index is 0.181. The lowest BCUT2D eigenvalue weighted by atomic mass is 10.0. The summed E-state index contributed by atoms with van der Waals surface area (Å²) in [7, 11) is 0. The minimum Gasteiger partial charge on any atom is -0.483 e. The molecule has 0 heterocycles. The summed E-state index contributed by atoms with van der Waals surface area (Å²) in [5.74, 6) is 0.152. The number of nitrogens with zero attached hydrogens (tertiary/aromatic N) is 1. The van der Waals surface area contributed by atoms with E-state index in [9.17, 15) is 9.59 Å². The predicted molar refractivity (Wildman–Crippen MR) is 136 cm³/mol. The van der Waals surface area contributed by atoms with E-state index in [0.29, 0.717) is 23.7 Å². The van der Waals surface area contributed by atoms with Gasteiger partial charge in [-0.3, -0.25) is 9.59 Å². The van der Waals surface area contributed by atoms with Crippen molar-refractivity contribution in [1.29, 1.82) is 0 Å². The third kappa shape index (κ3) is 6.84. The van der Waals surface area contributed by atoms with E-state index in [0.717, 1.165) is 22.3 Å². The monoisotopic (exact) mass is 478 g/mol. The molecule has 1 N–H and O–H groups in total. The fraction of sp³-hybridized carbons (Fsp3) is 0.286. The van der Waals surface area contributed by atoms with Gasteiger partial charge in [0.2, 0.25) is 5.91 Å². The van der Waals surface area contributed by atoms with Crippen molar-refractivity contribution < 1.29 is 14.3 Å². The maximum Gasteiger partial charge on any atom is 0.261 e. The lowest BCUT2D eigenvalue weighted by Crippen LogP contribution is -2.51. The number of rotatable bonds is 10. The average molecular weight is 479 g/mol. The molecule has 0 aliphatic rings. The van der Waals surface area contributed by atoms with Gasteiger partial charge >= 0.3 is 0 Å². The highest BCUT2D eigenvalue weighted by molar-refractivity contribution is 6.31. The van der Waals surface area contributed by atoms with Crippen LogP contribution in [-0.2, 0) is 22.6 Å². The second-order valence-corrected chi connectivity index (χ2v) is 8.68. The van der Waals surface area contributed by atoms with E-state index in [2.05, 4.69) is 5.32 Å². The molecule has 0 saturated carbocycles. The molecule has 5 nitrogen and oxygen atoms in total. The largest absolute Gasteiger partial charge is 0.483 e. The van der Waals surface area contributed by atoms with Gasteiger partial charge in [0.25, 0.3) is 5.91 Å². The van der Waals surface area contributed by atoms with Crippen molar-refractivity contribution in [2.24, 2.45) is 0 Å². The maximum atomic E-state index is 13.5. The molecule has 1 unspecified atom stereocenters. The van der Waals surface area contributed by atoms with E-state index in [1.54, 1.807) is 11.0 Å². The molecule has 3 rings (SSSR count). The first-order valence-corrected chi connectivity index (χ1v) is 11.8. The zero-order chi connectivity index (χ0) is 24.5. The van der Waals surface area contributed by atoms with Crippen LogP contribution in [0, 0.1) is 13.8 Å². The summed E-state index contributed by atoms with van der Waals surface area (Å²) in [5, 5.41) is 3.43. The quantitative estimate of drug-likeness (QED) is 0.440. The van der Waals surface area contributed by atoms with Gasteiger partial charge in [-0.25, -0.2) is 0 Å². The lowest BCUT2D eigenvalue weighted by molar-refractivity contribution is -0.142. The lowest BCUT2D eigenvalue weighted by Gasteiger charge is -2.31. The number of carbonyl (C=O) groups is 2. The topological polar surface area (TPSA) is 58.6 Å². The van der Waals surface area contributed by atoms with Crippen molar-refractivity contribution in [3.8, 4) is 5.75 Å². The molecule has 1 atom stereocenters. The highest BCUT2D eigenvalue weighted by Gasteiger charge is 2.31. The number of amides is 2. The van der Waals surface area contributed by atoms with Gasteiger partial charge in [-0.1, -0.05) is 77.8 Å². The number of aryl methyl sites for hydroxylation is 2. The van der Waals surface area contributed by atoms with Crippen LogP contribution in [0.1, 0.15) is 29.2 Å². The molecule has 178 valence electrons. The van der Waals surface area contributed by atoms with Crippen LogP contribution in [0.25, 0.3) is 0 Å². The van der Waals surface area contributed by atoms with Gasteiger partial charge in [0.1, 0.15) is 11.8 Å². The maximum absolute atomic E-state index is 13.5. The van der Waals surface area contributed by atoms with Crippen molar-refractivity contribution in [2.75, 3.05) is 13.2 Å². The van der Waals surface area contributed by atoms with Crippen molar-refractivity contribution >= 4 is 23.4 Å². The Morgan fingerprint density at radius 1 is 1.00 bits per heavy atom. The Labute approximate surface area is 206 Å². The Balaban J connectivity index is 1.91. The second kappa shape index (κ2) is 12.2. The summed E-state index contributed by atoms with van der Waals surface area (Å²) in [5.41, 5.74) is 3.81. The third-order valence-corrected chi connectivity index (χ3v) is 5.97. The van der Waals surface area contributed by atoms with Crippen LogP contribution >= 0.6 is 11.6 Å². The molecular weight excluding hydrogens is 448 g/mol. The van der Waals surface area contributed by atoms with Crippen LogP contribution in [0.4, 0.5) is 0 Å². The van der Waals surface area contributed by atoms with E-state index in [1.807, 2.05) is 87.5 Å². The minimum atomic E-state index is -0.714. The zero-order valence-electron chi connectivity index (χ0n) is 19.9. The van der Waals surface area contributed by atoms with Gasteiger partial charge in [0, 0.05) is 24.5 Å². The third-order valence-electron chi connectivity index (χ3n) is 5.60. The first kappa shape index (κ1) is 25.3. The van der Waals surface area contributed by atoms with Gasteiger partial charge in [-0.15, -0.1) is 0 Å². The zero-order valence-corrected chi connectivity index (χ0v) is 20.6. The van der Waals surface area contributed by atoms with Gasteiger partial charge in [0.05, 0.1) is 0 Å². The smallest absolute Gasteiger partial charge is 0.261 e. The number of halogens is 1. The molecule has 34 heavy (non-hydrogen) atoms. The number of hydrogen-bond acceptors (Lipinski definition) is 3. The number of benzene rings is 3. The number of carbonyl (C=O) groups excluding carboxylic acids is 2. The Bertz CT molecular complexity index is 1120. The molecule has 0 spiro atoms. The number of likely N-dealkylation sites (N-methyl/N-ethyl adjacent to an activating group) is 1. The van der Waals surface area contributed by atoms with Gasteiger partial charge in [-0.2, -0.15) is 0 Å². The Morgan fingerprint density at radius 3 is 2.38 bits per heavy atom. The first-order valence-electron chi connectivity index (χ1n) is 11.4. The summed E-state index contributed by atoms with van der Waals surface area (Å²) < 4.78 is 5.89. The normalized spacial score (nSPS) is 11.5. The van der Waals surface area contributed by atoms with Crippen LogP contribution < -0.4 is 10.1 Å². The molecule has 3 aromatic carbocycles. The molecule has 0 aliphatic heterocycles. The SMILES string of the molecule is CCNC(=O)C(Cc1ccccc1)N(Cc1ccccc1Cl)C(=O)COc1ccc(C)cc1C. The number of hydrogen-bond donors (Lipinski definition) is 1. The van der Waals surface area contributed by atoms with Crippen LogP contribution in [0.5, 0.6) is 5.75 Å². The average Bonchev–Trinajstić information content (AvgIpc) is 2.82. The summed E-state index contributed by atoms with van der Waals surface area (Å²) >= 11 is 6.42. The van der Waals surface area contributed by atoms with E-state index in [-0.39, 0.29) is 25.0 Å². The number of nitrogens with one attached hydrogen (secondary N) is 1. The molecule has 0 bridgehead atoms. The first-order chi connectivity index (χ1) is 16.4. The Hall–Kier alpha value is -3.31. The fourth-order valence-corrected chi connectivity index (χ4v) is 4.04. The molecule has 2 amide bonds. The second-order valence-electron chi connectivity index (χ2n) is 8.27. The molecule has 0 fully saturated rings. The molecule has 0 radical (unpaired) electrons. The molecular formula is C28H31ClN2O3. The standard InChI is InChI=1S/C28H31ClN2O3/c1-4-30-28(33)25(17-22-10-6-5-7-11-22)31(18-23-12-8-9-13-24(23)29)27(32)19-34-26-15-14-20(2)16-21(26)3/h5-16,25H,4,17-19H2,1-3H3,(H,30,33). The van der Waals surface area contributed by atoms with E-state index >= 15 is 0 Å². The molecule has 6 heteroatoms. The van der Waals surface area contributed by atoms with Crippen LogP contribution in [0.3, 0.4) is 0 Å². The van der Waals surface area contributed by atoms with E-state index in [1.165, 1.54) is 0 Å². The van der Waals surface area contributed by atoms with Gasteiger partial charge in [0.15, 0.2) is 6.61 Å². The molecule has 0 aromatic heterocycles. The Kier molecular flexibility index (Phi) is 9.11. The van der Waals surface area contributed by atoms with Gasteiger partial charge in [-0.05, 0) is 49.6 Å². The highest BCUT2D eigenvalue weighted by atomic mass is 35.5. The predicted octanol–water partition coefficient (Wildman–Crippen LogP) is 5.11. The highest BCUT2D eigenvalue weighted by Crippen LogP contribution is 2.22. The van der Waals surface area contributed by atoms with Crippen molar-refractivity contribution in [1.82, 2.24) is 10.2 Å². The Morgan fingerprint density at radius 2 is 1.71 bits per heavy atom. The van der Waals surface area contributed by atoms with Crippen molar-refractivity contribution in [3.63, 3.8) is 0 Å². The van der Waals surface area contributed by atoms with Crippen molar-refractivity contribution in [3.05, 3.63) is 100 Å². The fourth-order valence-electron chi connectivity index (χ4n) is 3.84. The van der Waals surface area contributed by atoms with E-state index in [4.69, 9.17) is 16.3 Å². The van der Waals surface area contributed by atoms with Crippen molar-refractivity contribution in [2.45, 2.75) is 39.8 Å². The van der Waals surface area contributed by atoms with E-state index < -0.39 is 6.04 Å². The molecule has 3 aromatic rings. The summed E-state index contributed by atoms with van der Waals surface area (Å²) in [6.07, 6.45) is 0.381. The summed E-state index contributed by atoms with van der Waals surface area (Å²) in [4.78, 5) is 28.3. The van der Waals surface area contributed by atoms with Gasteiger partial charge < -0.3 is 15.0 Å².